The van der Waals surface area contributed by atoms with Gasteiger partial charge in [0.25, 0.3) is 0 Å². The first kappa shape index (κ1) is 12.9. The van der Waals surface area contributed by atoms with Crippen LogP contribution in [0.1, 0.15) is 19.3 Å². The van der Waals surface area contributed by atoms with Crippen molar-refractivity contribution in [3.63, 3.8) is 0 Å². The molecule has 1 aromatic rings. The molecule has 1 rings (SSSR count). The Morgan fingerprint density at radius 3 is 2.75 bits per heavy atom. The van der Waals surface area contributed by atoms with Crippen LogP contribution in [0.3, 0.4) is 0 Å². The number of hydrogen-bond donors (Lipinski definition) is 1. The van der Waals surface area contributed by atoms with Gasteiger partial charge in [0, 0.05) is 0 Å². The first-order valence-electron chi connectivity index (χ1n) is 5.47. The lowest BCUT2D eigenvalue weighted by atomic mass is 10.2. The molecular formula is C12H17F2NO. The van der Waals surface area contributed by atoms with Crippen molar-refractivity contribution in [3.05, 3.63) is 29.8 Å². The Hall–Kier alpha value is -1.16. The monoisotopic (exact) mass is 229 g/mol. The average molecular weight is 229 g/mol. The lowest BCUT2D eigenvalue weighted by Crippen LogP contribution is -2.08. The van der Waals surface area contributed by atoms with E-state index in [9.17, 15) is 8.78 Å². The highest BCUT2D eigenvalue weighted by Crippen LogP contribution is 2.19. The van der Waals surface area contributed by atoms with Crippen LogP contribution in [0.5, 0.6) is 5.75 Å². The van der Waals surface area contributed by atoms with Crippen molar-refractivity contribution >= 4 is 0 Å². The fourth-order valence-corrected chi connectivity index (χ4v) is 1.36. The van der Waals surface area contributed by atoms with Crippen molar-refractivity contribution in [2.45, 2.75) is 19.3 Å². The van der Waals surface area contributed by atoms with Gasteiger partial charge in [0.05, 0.1) is 6.61 Å². The third-order valence-corrected chi connectivity index (χ3v) is 2.24. The van der Waals surface area contributed by atoms with E-state index in [0.29, 0.717) is 6.61 Å². The van der Waals surface area contributed by atoms with Gasteiger partial charge in [0.15, 0.2) is 11.6 Å². The van der Waals surface area contributed by atoms with E-state index in [1.165, 1.54) is 12.1 Å². The summed E-state index contributed by atoms with van der Waals surface area (Å²) in [6, 6.07) is 3.95. The number of ether oxygens (including phenoxy) is 1. The third-order valence-electron chi connectivity index (χ3n) is 2.24. The second kappa shape index (κ2) is 7.17. The Balaban J connectivity index is 2.24. The van der Waals surface area contributed by atoms with E-state index in [1.54, 1.807) is 0 Å². The molecule has 0 radical (unpaired) electrons. The maximum absolute atomic E-state index is 13.1. The molecule has 0 bridgehead atoms. The zero-order valence-electron chi connectivity index (χ0n) is 9.43. The van der Waals surface area contributed by atoms with E-state index in [2.05, 4.69) is 5.32 Å². The van der Waals surface area contributed by atoms with E-state index in [4.69, 9.17) is 4.74 Å². The van der Waals surface area contributed by atoms with E-state index < -0.39 is 11.6 Å². The van der Waals surface area contributed by atoms with Crippen molar-refractivity contribution in [3.8, 4) is 5.75 Å². The molecule has 1 N–H and O–H groups in total. The molecule has 1 aromatic carbocycles. The molecule has 0 aliphatic heterocycles. The van der Waals surface area contributed by atoms with Gasteiger partial charge in [-0.15, -0.1) is 0 Å². The maximum Gasteiger partial charge on any atom is 0.200 e. The predicted octanol–water partition coefficient (Wildman–Crippen LogP) is 2.73. The smallest absolute Gasteiger partial charge is 0.200 e. The quantitative estimate of drug-likeness (QED) is 0.726. The van der Waals surface area contributed by atoms with Crippen LogP contribution in [0.2, 0.25) is 0 Å². The molecule has 0 atom stereocenters. The molecule has 0 saturated heterocycles. The van der Waals surface area contributed by atoms with Crippen molar-refractivity contribution in [2.24, 2.45) is 0 Å². The molecule has 0 unspecified atom stereocenters. The fourth-order valence-electron chi connectivity index (χ4n) is 1.36. The number of unbranched alkanes of at least 4 members (excludes halogenated alkanes) is 2. The Labute approximate surface area is 94.6 Å². The minimum Gasteiger partial charge on any atom is -0.490 e. The summed E-state index contributed by atoms with van der Waals surface area (Å²) in [5.74, 6) is -1.78. The van der Waals surface area contributed by atoms with Gasteiger partial charge < -0.3 is 10.1 Å². The summed E-state index contributed by atoms with van der Waals surface area (Å²) in [6.07, 6.45) is 2.92. The second-order valence-electron chi connectivity index (χ2n) is 3.56. The summed E-state index contributed by atoms with van der Waals surface area (Å²) in [5.41, 5.74) is 0. The molecule has 4 heteroatoms. The van der Waals surface area contributed by atoms with E-state index >= 15 is 0 Å². The van der Waals surface area contributed by atoms with Crippen LogP contribution in [0.4, 0.5) is 8.78 Å². The topological polar surface area (TPSA) is 21.3 Å². The summed E-state index contributed by atoms with van der Waals surface area (Å²) in [7, 11) is 1.90. The van der Waals surface area contributed by atoms with Crippen LogP contribution < -0.4 is 10.1 Å². The van der Waals surface area contributed by atoms with Crippen LogP contribution in [-0.4, -0.2) is 20.2 Å². The van der Waals surface area contributed by atoms with Crippen molar-refractivity contribution in [1.82, 2.24) is 5.32 Å². The second-order valence-corrected chi connectivity index (χ2v) is 3.56. The largest absolute Gasteiger partial charge is 0.490 e. The summed E-state index contributed by atoms with van der Waals surface area (Å²) < 4.78 is 31.1. The van der Waals surface area contributed by atoms with Crippen LogP contribution in [0.15, 0.2) is 18.2 Å². The van der Waals surface area contributed by atoms with Crippen LogP contribution in [0, 0.1) is 11.6 Å². The van der Waals surface area contributed by atoms with Gasteiger partial charge in [-0.25, -0.2) is 4.39 Å². The lowest BCUT2D eigenvalue weighted by molar-refractivity contribution is 0.285. The van der Waals surface area contributed by atoms with Gasteiger partial charge in [-0.05, 0) is 45.0 Å². The summed E-state index contributed by atoms with van der Waals surface area (Å²) >= 11 is 0. The zero-order chi connectivity index (χ0) is 11.8. The minimum absolute atomic E-state index is 0.00591. The van der Waals surface area contributed by atoms with Gasteiger partial charge in [0.2, 0.25) is 5.82 Å². The molecule has 0 fully saturated rings. The Morgan fingerprint density at radius 1 is 1.19 bits per heavy atom. The molecule has 0 aromatic heterocycles. The Morgan fingerprint density at radius 2 is 2.00 bits per heavy atom. The van der Waals surface area contributed by atoms with Gasteiger partial charge in [-0.3, -0.25) is 0 Å². The van der Waals surface area contributed by atoms with Crippen LogP contribution in [0.25, 0.3) is 0 Å². The highest BCUT2D eigenvalue weighted by atomic mass is 19.2. The number of hydrogen-bond acceptors (Lipinski definition) is 2. The van der Waals surface area contributed by atoms with Crippen molar-refractivity contribution in [1.29, 1.82) is 0 Å². The van der Waals surface area contributed by atoms with E-state index in [-0.39, 0.29) is 5.75 Å². The highest BCUT2D eigenvalue weighted by molar-refractivity contribution is 5.24. The van der Waals surface area contributed by atoms with Crippen molar-refractivity contribution < 1.29 is 13.5 Å². The molecule has 0 amide bonds. The lowest BCUT2D eigenvalue weighted by Gasteiger charge is -2.07. The zero-order valence-corrected chi connectivity index (χ0v) is 9.43. The molecule has 0 aliphatic rings. The molecule has 0 heterocycles. The first-order chi connectivity index (χ1) is 7.75. The molecule has 16 heavy (non-hydrogen) atoms. The summed E-state index contributed by atoms with van der Waals surface area (Å²) in [5, 5.41) is 3.04. The van der Waals surface area contributed by atoms with E-state index in [0.717, 1.165) is 31.9 Å². The maximum atomic E-state index is 13.1. The van der Waals surface area contributed by atoms with Crippen LogP contribution >= 0.6 is 0 Å². The Bertz CT molecular complexity index is 318. The SMILES string of the molecule is CNCCCCCOc1cccc(F)c1F. The number of nitrogens with one attached hydrogen (secondary N) is 1. The summed E-state index contributed by atoms with van der Waals surface area (Å²) in [4.78, 5) is 0. The molecular weight excluding hydrogens is 212 g/mol. The minimum atomic E-state index is -0.905. The standard InChI is InChI=1S/C12H17F2NO/c1-15-8-3-2-4-9-16-11-7-5-6-10(13)12(11)14/h5-7,15H,2-4,8-9H2,1H3. The number of rotatable bonds is 7. The fraction of sp³-hybridized carbons (Fsp3) is 0.500. The average Bonchev–Trinajstić information content (AvgIpc) is 2.29. The van der Waals surface area contributed by atoms with Gasteiger partial charge >= 0.3 is 0 Å². The molecule has 90 valence electrons. The summed E-state index contributed by atoms with van der Waals surface area (Å²) in [6.45, 7) is 1.39. The predicted molar refractivity (Wildman–Crippen MR) is 59.6 cm³/mol. The normalized spacial score (nSPS) is 10.4. The van der Waals surface area contributed by atoms with E-state index in [1.807, 2.05) is 7.05 Å². The van der Waals surface area contributed by atoms with Gasteiger partial charge in [0.1, 0.15) is 0 Å². The molecule has 0 spiro atoms. The highest BCUT2D eigenvalue weighted by Gasteiger charge is 2.07. The molecule has 0 aliphatic carbocycles. The van der Waals surface area contributed by atoms with Gasteiger partial charge in [-0.1, -0.05) is 6.07 Å². The Kier molecular flexibility index (Phi) is 5.78. The van der Waals surface area contributed by atoms with Crippen molar-refractivity contribution in [2.75, 3.05) is 20.2 Å². The van der Waals surface area contributed by atoms with Gasteiger partial charge in [-0.2, -0.15) is 4.39 Å². The third kappa shape index (κ3) is 4.14. The molecule has 2 nitrogen and oxygen atoms in total. The first-order valence-corrected chi connectivity index (χ1v) is 5.47. The molecule has 0 saturated carbocycles. The van der Waals surface area contributed by atoms with Crippen LogP contribution in [-0.2, 0) is 0 Å². The number of halogens is 2. The number of benzene rings is 1.